The third-order valence-electron chi connectivity index (χ3n) is 3.16. The fourth-order valence-corrected chi connectivity index (χ4v) is 1.90. The lowest BCUT2D eigenvalue weighted by Crippen LogP contribution is -2.31. The summed E-state index contributed by atoms with van der Waals surface area (Å²) in [7, 11) is 1.54. The number of nitrogens with one attached hydrogen (secondary N) is 2. The van der Waals surface area contributed by atoms with Crippen LogP contribution in [0, 0.1) is 6.92 Å². The zero-order chi connectivity index (χ0) is 16.1. The van der Waals surface area contributed by atoms with Crippen molar-refractivity contribution < 1.29 is 14.7 Å². The van der Waals surface area contributed by atoms with Crippen molar-refractivity contribution >= 4 is 17.5 Å². The molecule has 1 aromatic carbocycles. The fraction of sp³-hybridized carbons (Fsp3) is 0.267. The van der Waals surface area contributed by atoms with E-state index >= 15 is 0 Å². The van der Waals surface area contributed by atoms with Crippen LogP contribution >= 0.6 is 0 Å². The second-order valence-electron chi connectivity index (χ2n) is 4.90. The molecule has 0 spiro atoms. The number of carbonyl (C=O) groups excluding carboxylic acids is 2. The molecule has 116 valence electrons. The van der Waals surface area contributed by atoms with Crippen LogP contribution < -0.4 is 5.32 Å². The Kier molecular flexibility index (Phi) is 4.90. The van der Waals surface area contributed by atoms with Crippen LogP contribution in [0.15, 0.2) is 30.6 Å². The number of carbonyl (C=O) groups is 2. The summed E-state index contributed by atoms with van der Waals surface area (Å²) < 4.78 is 0. The Bertz CT molecular complexity index is 664. The number of hydrogen-bond acceptors (Lipinski definition) is 4. The quantitative estimate of drug-likeness (QED) is 0.768. The predicted octanol–water partition coefficient (Wildman–Crippen LogP) is 1.03. The lowest BCUT2D eigenvalue weighted by atomic mass is 10.2. The average molecular weight is 302 g/mol. The Morgan fingerprint density at radius 1 is 1.32 bits per heavy atom. The van der Waals surface area contributed by atoms with E-state index in [1.807, 2.05) is 19.1 Å². The molecule has 2 rings (SSSR count). The van der Waals surface area contributed by atoms with Crippen molar-refractivity contribution in [3.05, 3.63) is 47.5 Å². The summed E-state index contributed by atoms with van der Waals surface area (Å²) in [6.07, 6.45) is 1.30. The van der Waals surface area contributed by atoms with Gasteiger partial charge < -0.3 is 20.3 Å². The smallest absolute Gasteiger partial charge is 0.276 e. The number of aryl methyl sites for hydroxylation is 1. The van der Waals surface area contributed by atoms with E-state index < -0.39 is 11.8 Å². The normalized spacial score (nSPS) is 10.3. The lowest BCUT2D eigenvalue weighted by Gasteiger charge is -2.15. The first-order chi connectivity index (χ1) is 10.5. The lowest BCUT2D eigenvalue weighted by molar-refractivity contribution is 0.0757. The molecule has 0 radical (unpaired) electrons. The standard InChI is InChI=1S/C15H18N4O3/c1-10-3-5-11(6-4-10)18-14(21)12-13(17-9-16-12)15(22)19(2)7-8-20/h3-6,9,20H,7-8H2,1-2H3,(H,16,17)(H,18,21). The van der Waals surface area contributed by atoms with Gasteiger partial charge in [0.2, 0.25) is 0 Å². The molecule has 0 aliphatic heterocycles. The zero-order valence-electron chi connectivity index (χ0n) is 12.5. The summed E-state index contributed by atoms with van der Waals surface area (Å²) in [5, 5.41) is 11.6. The minimum absolute atomic E-state index is 0.0235. The molecule has 0 saturated carbocycles. The van der Waals surface area contributed by atoms with Gasteiger partial charge in [0.1, 0.15) is 5.69 Å². The van der Waals surface area contributed by atoms with Crippen LogP contribution in [-0.2, 0) is 0 Å². The second-order valence-corrected chi connectivity index (χ2v) is 4.90. The van der Waals surface area contributed by atoms with Crippen molar-refractivity contribution in [1.82, 2.24) is 14.9 Å². The number of aromatic amines is 1. The molecule has 0 aliphatic carbocycles. The first-order valence-corrected chi connectivity index (χ1v) is 6.80. The number of likely N-dealkylation sites (N-methyl/N-ethyl adjacent to an activating group) is 1. The van der Waals surface area contributed by atoms with E-state index in [0.717, 1.165) is 5.56 Å². The molecule has 2 aromatic rings. The Morgan fingerprint density at radius 3 is 2.64 bits per heavy atom. The van der Waals surface area contributed by atoms with Crippen molar-refractivity contribution in [3.63, 3.8) is 0 Å². The molecule has 22 heavy (non-hydrogen) atoms. The van der Waals surface area contributed by atoms with Crippen LogP contribution in [0.25, 0.3) is 0 Å². The number of amides is 2. The van der Waals surface area contributed by atoms with Gasteiger partial charge in [-0.05, 0) is 19.1 Å². The maximum absolute atomic E-state index is 12.3. The number of imidazole rings is 1. The number of anilines is 1. The third kappa shape index (κ3) is 3.50. The van der Waals surface area contributed by atoms with Crippen molar-refractivity contribution in [2.24, 2.45) is 0 Å². The molecular formula is C15H18N4O3. The van der Waals surface area contributed by atoms with Gasteiger partial charge in [0, 0.05) is 19.3 Å². The van der Waals surface area contributed by atoms with Crippen LogP contribution in [0.3, 0.4) is 0 Å². The molecule has 0 saturated heterocycles. The summed E-state index contributed by atoms with van der Waals surface area (Å²) in [6, 6.07) is 7.31. The summed E-state index contributed by atoms with van der Waals surface area (Å²) >= 11 is 0. The first kappa shape index (κ1) is 15.7. The Hall–Kier alpha value is -2.67. The number of aliphatic hydroxyl groups is 1. The molecule has 0 unspecified atom stereocenters. The van der Waals surface area contributed by atoms with Gasteiger partial charge in [-0.2, -0.15) is 0 Å². The van der Waals surface area contributed by atoms with Crippen LogP contribution in [0.1, 0.15) is 26.5 Å². The highest BCUT2D eigenvalue weighted by Gasteiger charge is 2.22. The van der Waals surface area contributed by atoms with Gasteiger partial charge in [0.15, 0.2) is 5.69 Å². The topological polar surface area (TPSA) is 98.3 Å². The number of aliphatic hydroxyl groups excluding tert-OH is 1. The molecule has 0 fully saturated rings. The Balaban J connectivity index is 2.16. The SMILES string of the molecule is Cc1ccc(NC(=O)c2nc[nH]c2C(=O)N(C)CCO)cc1. The maximum Gasteiger partial charge on any atom is 0.276 e. The fourth-order valence-electron chi connectivity index (χ4n) is 1.90. The Labute approximate surface area is 128 Å². The molecule has 7 nitrogen and oxygen atoms in total. The van der Waals surface area contributed by atoms with E-state index in [0.29, 0.717) is 5.69 Å². The van der Waals surface area contributed by atoms with Crippen molar-refractivity contribution in [1.29, 1.82) is 0 Å². The van der Waals surface area contributed by atoms with Crippen molar-refractivity contribution in [3.8, 4) is 0 Å². The van der Waals surface area contributed by atoms with Gasteiger partial charge in [0.25, 0.3) is 11.8 Å². The van der Waals surface area contributed by atoms with E-state index in [9.17, 15) is 9.59 Å². The number of rotatable bonds is 5. The van der Waals surface area contributed by atoms with E-state index in [-0.39, 0.29) is 24.5 Å². The molecule has 0 atom stereocenters. The number of benzene rings is 1. The third-order valence-corrected chi connectivity index (χ3v) is 3.16. The molecule has 0 bridgehead atoms. The average Bonchev–Trinajstić information content (AvgIpc) is 2.98. The van der Waals surface area contributed by atoms with Gasteiger partial charge in [-0.25, -0.2) is 4.98 Å². The van der Waals surface area contributed by atoms with Crippen LogP contribution in [0.4, 0.5) is 5.69 Å². The van der Waals surface area contributed by atoms with Gasteiger partial charge in [-0.15, -0.1) is 0 Å². The molecular weight excluding hydrogens is 284 g/mol. The molecule has 7 heteroatoms. The minimum Gasteiger partial charge on any atom is -0.395 e. The second kappa shape index (κ2) is 6.86. The van der Waals surface area contributed by atoms with E-state index in [2.05, 4.69) is 15.3 Å². The maximum atomic E-state index is 12.3. The van der Waals surface area contributed by atoms with E-state index in [4.69, 9.17) is 5.11 Å². The van der Waals surface area contributed by atoms with Crippen LogP contribution in [0.2, 0.25) is 0 Å². The van der Waals surface area contributed by atoms with Crippen molar-refractivity contribution in [2.75, 3.05) is 25.5 Å². The number of hydrogen-bond donors (Lipinski definition) is 3. The number of H-pyrrole nitrogens is 1. The van der Waals surface area contributed by atoms with Crippen molar-refractivity contribution in [2.45, 2.75) is 6.92 Å². The summed E-state index contributed by atoms with van der Waals surface area (Å²) in [6.45, 7) is 1.98. The molecule has 0 aliphatic rings. The van der Waals surface area contributed by atoms with E-state index in [1.165, 1.54) is 11.2 Å². The molecule has 1 heterocycles. The van der Waals surface area contributed by atoms with Gasteiger partial charge in [-0.3, -0.25) is 9.59 Å². The minimum atomic E-state index is -0.467. The van der Waals surface area contributed by atoms with Crippen LogP contribution in [-0.4, -0.2) is 52.0 Å². The molecule has 2 amide bonds. The van der Waals surface area contributed by atoms with Crippen LogP contribution in [0.5, 0.6) is 0 Å². The van der Waals surface area contributed by atoms with Gasteiger partial charge >= 0.3 is 0 Å². The molecule has 3 N–H and O–H groups in total. The van der Waals surface area contributed by atoms with E-state index in [1.54, 1.807) is 19.2 Å². The Morgan fingerprint density at radius 2 is 2.00 bits per heavy atom. The van der Waals surface area contributed by atoms with Gasteiger partial charge in [0.05, 0.1) is 12.9 Å². The number of aromatic nitrogens is 2. The summed E-state index contributed by atoms with van der Waals surface area (Å²) in [5.74, 6) is -0.869. The highest BCUT2D eigenvalue weighted by Crippen LogP contribution is 2.12. The monoisotopic (exact) mass is 302 g/mol. The highest BCUT2D eigenvalue weighted by molar-refractivity contribution is 6.10. The number of nitrogens with zero attached hydrogens (tertiary/aromatic N) is 2. The van der Waals surface area contributed by atoms with Gasteiger partial charge in [-0.1, -0.05) is 17.7 Å². The molecule has 1 aromatic heterocycles. The largest absolute Gasteiger partial charge is 0.395 e. The predicted molar refractivity (Wildman–Crippen MR) is 81.8 cm³/mol. The zero-order valence-corrected chi connectivity index (χ0v) is 12.5. The summed E-state index contributed by atoms with van der Waals surface area (Å²) in [5.41, 5.74) is 1.83. The summed E-state index contributed by atoms with van der Waals surface area (Å²) in [4.78, 5) is 32.3. The highest BCUT2D eigenvalue weighted by atomic mass is 16.3. The first-order valence-electron chi connectivity index (χ1n) is 6.80.